The van der Waals surface area contributed by atoms with E-state index >= 15 is 0 Å². The Morgan fingerprint density at radius 3 is 2.35 bits per heavy atom. The number of carbonyl (C=O) groups is 2. The summed E-state index contributed by atoms with van der Waals surface area (Å²) in [4.78, 5) is 28.9. The van der Waals surface area contributed by atoms with Crippen LogP contribution >= 0.6 is 0 Å². The highest BCUT2D eigenvalue weighted by molar-refractivity contribution is 5.76. The molecule has 0 spiro atoms. The van der Waals surface area contributed by atoms with Crippen LogP contribution in [0.3, 0.4) is 0 Å². The number of nitrogens with one attached hydrogen (secondary N) is 1. The summed E-state index contributed by atoms with van der Waals surface area (Å²) < 4.78 is 5.27. The van der Waals surface area contributed by atoms with E-state index in [1.807, 2.05) is 30.3 Å². The van der Waals surface area contributed by atoms with Crippen LogP contribution in [0.25, 0.3) is 0 Å². The number of amides is 2. The van der Waals surface area contributed by atoms with Gasteiger partial charge in [-0.3, -0.25) is 9.63 Å². The SMILES string of the molecule is CON(C)C(=O)C[C@H](Cc1ccccc1)NC(=O)OC(C)(C)C. The third kappa shape index (κ3) is 7.65. The van der Waals surface area contributed by atoms with Gasteiger partial charge in [0.25, 0.3) is 0 Å². The Bertz CT molecular complexity index is 511. The van der Waals surface area contributed by atoms with E-state index in [0.29, 0.717) is 6.42 Å². The van der Waals surface area contributed by atoms with Crippen molar-refractivity contribution in [2.75, 3.05) is 14.2 Å². The third-order valence-corrected chi connectivity index (χ3v) is 3.09. The number of carbonyl (C=O) groups excluding carboxylic acids is 2. The molecule has 0 heterocycles. The van der Waals surface area contributed by atoms with Crippen LogP contribution in [0.15, 0.2) is 30.3 Å². The molecule has 0 unspecified atom stereocenters. The molecular weight excluding hydrogens is 296 g/mol. The molecule has 0 aromatic heterocycles. The van der Waals surface area contributed by atoms with Gasteiger partial charge in [-0.05, 0) is 32.8 Å². The molecule has 6 nitrogen and oxygen atoms in total. The number of benzene rings is 1. The van der Waals surface area contributed by atoms with Gasteiger partial charge in [0.05, 0.1) is 7.11 Å². The molecule has 1 aromatic carbocycles. The van der Waals surface area contributed by atoms with Gasteiger partial charge < -0.3 is 10.1 Å². The van der Waals surface area contributed by atoms with Gasteiger partial charge in [0.15, 0.2) is 0 Å². The molecule has 1 N–H and O–H groups in total. The van der Waals surface area contributed by atoms with Crippen LogP contribution in [0.5, 0.6) is 0 Å². The summed E-state index contributed by atoms with van der Waals surface area (Å²) in [5.74, 6) is -0.218. The lowest BCUT2D eigenvalue weighted by molar-refractivity contribution is -0.169. The fourth-order valence-corrected chi connectivity index (χ4v) is 1.99. The zero-order valence-electron chi connectivity index (χ0n) is 14.5. The average Bonchev–Trinajstić information content (AvgIpc) is 2.45. The van der Waals surface area contributed by atoms with Crippen LogP contribution in [-0.4, -0.2) is 42.9 Å². The van der Waals surface area contributed by atoms with E-state index in [9.17, 15) is 9.59 Å². The van der Waals surface area contributed by atoms with Gasteiger partial charge in [-0.25, -0.2) is 9.86 Å². The van der Waals surface area contributed by atoms with Crippen LogP contribution in [0.4, 0.5) is 4.79 Å². The normalized spacial score (nSPS) is 12.4. The molecule has 2 amide bonds. The largest absolute Gasteiger partial charge is 0.444 e. The quantitative estimate of drug-likeness (QED) is 0.817. The molecule has 0 fully saturated rings. The van der Waals surface area contributed by atoms with E-state index < -0.39 is 11.7 Å². The first kappa shape index (κ1) is 19.0. The maximum atomic E-state index is 12.1. The predicted octanol–water partition coefficient (Wildman–Crippen LogP) is 2.53. The van der Waals surface area contributed by atoms with Crippen LogP contribution in [0.1, 0.15) is 32.8 Å². The molecular formula is C17H26N2O4. The zero-order chi connectivity index (χ0) is 17.5. The van der Waals surface area contributed by atoms with Crippen LogP contribution in [-0.2, 0) is 20.8 Å². The summed E-state index contributed by atoms with van der Waals surface area (Å²) in [6.07, 6.45) is 0.119. The molecule has 0 radical (unpaired) electrons. The summed E-state index contributed by atoms with van der Waals surface area (Å²) in [5.41, 5.74) is 0.441. The standard InChI is InChI=1S/C17H26N2O4/c1-17(2,3)23-16(21)18-14(12-15(20)19(4)22-5)11-13-9-7-6-8-10-13/h6-10,14H,11-12H2,1-5H3,(H,18,21)/t14-/m0/s1. The van der Waals surface area contributed by atoms with Crippen molar-refractivity contribution < 1.29 is 19.2 Å². The van der Waals surface area contributed by atoms with E-state index in [2.05, 4.69) is 5.32 Å². The van der Waals surface area contributed by atoms with Crippen molar-refractivity contribution in [3.05, 3.63) is 35.9 Å². The Kier molecular flexibility index (Phi) is 7.03. The molecule has 1 rings (SSSR count). The van der Waals surface area contributed by atoms with Gasteiger partial charge in [0, 0.05) is 19.5 Å². The Labute approximate surface area is 137 Å². The smallest absolute Gasteiger partial charge is 0.407 e. The maximum absolute atomic E-state index is 12.1. The highest BCUT2D eigenvalue weighted by atomic mass is 16.7. The molecule has 0 saturated carbocycles. The first-order valence-corrected chi connectivity index (χ1v) is 7.55. The van der Waals surface area contributed by atoms with Gasteiger partial charge in [-0.15, -0.1) is 0 Å². The Hall–Kier alpha value is -2.08. The monoisotopic (exact) mass is 322 g/mol. The predicted molar refractivity (Wildman–Crippen MR) is 87.7 cm³/mol. The molecule has 1 atom stereocenters. The van der Waals surface area contributed by atoms with Crippen molar-refractivity contribution >= 4 is 12.0 Å². The highest BCUT2D eigenvalue weighted by Gasteiger charge is 2.23. The van der Waals surface area contributed by atoms with Gasteiger partial charge >= 0.3 is 6.09 Å². The highest BCUT2D eigenvalue weighted by Crippen LogP contribution is 2.11. The third-order valence-electron chi connectivity index (χ3n) is 3.09. The summed E-state index contributed by atoms with van der Waals surface area (Å²) in [7, 11) is 2.96. The molecule has 0 aliphatic carbocycles. The number of hydrogen-bond acceptors (Lipinski definition) is 4. The fourth-order valence-electron chi connectivity index (χ4n) is 1.99. The van der Waals surface area contributed by atoms with Gasteiger partial charge in [-0.2, -0.15) is 0 Å². The number of ether oxygens (including phenoxy) is 1. The van der Waals surface area contributed by atoms with Gasteiger partial charge in [-0.1, -0.05) is 30.3 Å². The number of alkyl carbamates (subject to hydrolysis) is 1. The van der Waals surface area contributed by atoms with E-state index in [1.54, 1.807) is 20.8 Å². The van der Waals surface area contributed by atoms with Crippen molar-refractivity contribution in [3.63, 3.8) is 0 Å². The Morgan fingerprint density at radius 1 is 1.22 bits per heavy atom. The van der Waals surface area contributed by atoms with Crippen molar-refractivity contribution in [3.8, 4) is 0 Å². The second kappa shape index (κ2) is 8.53. The zero-order valence-corrected chi connectivity index (χ0v) is 14.5. The number of rotatable bonds is 6. The van der Waals surface area contributed by atoms with Crippen molar-refractivity contribution in [2.45, 2.75) is 45.3 Å². The summed E-state index contributed by atoms with van der Waals surface area (Å²) >= 11 is 0. The lowest BCUT2D eigenvalue weighted by atomic mass is 10.0. The lowest BCUT2D eigenvalue weighted by Gasteiger charge is -2.24. The topological polar surface area (TPSA) is 67.9 Å². The average molecular weight is 322 g/mol. The van der Waals surface area contributed by atoms with E-state index in [4.69, 9.17) is 9.57 Å². The van der Waals surface area contributed by atoms with Crippen LogP contribution in [0, 0.1) is 0 Å². The molecule has 23 heavy (non-hydrogen) atoms. The van der Waals surface area contributed by atoms with Gasteiger partial charge in [0.1, 0.15) is 5.60 Å². The minimum absolute atomic E-state index is 0.123. The Morgan fingerprint density at radius 2 is 1.83 bits per heavy atom. The molecule has 128 valence electrons. The molecule has 0 aliphatic heterocycles. The summed E-state index contributed by atoms with van der Waals surface area (Å²) in [6, 6.07) is 9.29. The molecule has 0 saturated heterocycles. The first-order chi connectivity index (χ1) is 10.7. The second-order valence-corrected chi connectivity index (χ2v) is 6.31. The van der Waals surface area contributed by atoms with E-state index in [0.717, 1.165) is 10.6 Å². The number of hydroxylamine groups is 2. The van der Waals surface area contributed by atoms with E-state index in [-0.39, 0.29) is 18.4 Å². The van der Waals surface area contributed by atoms with Crippen LogP contribution in [0.2, 0.25) is 0 Å². The molecule has 1 aromatic rings. The first-order valence-electron chi connectivity index (χ1n) is 7.55. The molecule has 6 heteroatoms. The van der Waals surface area contributed by atoms with Crippen LogP contribution < -0.4 is 5.32 Å². The van der Waals surface area contributed by atoms with Crippen molar-refractivity contribution in [2.24, 2.45) is 0 Å². The van der Waals surface area contributed by atoms with E-state index in [1.165, 1.54) is 14.2 Å². The summed E-state index contributed by atoms with van der Waals surface area (Å²) in [6.45, 7) is 5.38. The number of hydrogen-bond donors (Lipinski definition) is 1. The minimum atomic E-state index is -0.589. The lowest BCUT2D eigenvalue weighted by Crippen LogP contribution is -2.43. The fraction of sp³-hybridized carbons (Fsp3) is 0.529. The molecule has 0 bridgehead atoms. The summed E-state index contributed by atoms with van der Waals surface area (Å²) in [5, 5.41) is 3.92. The van der Waals surface area contributed by atoms with Crippen molar-refractivity contribution in [1.29, 1.82) is 0 Å². The molecule has 0 aliphatic rings. The maximum Gasteiger partial charge on any atom is 0.407 e. The van der Waals surface area contributed by atoms with Crippen molar-refractivity contribution in [1.82, 2.24) is 10.4 Å². The Balaban J connectivity index is 2.75. The minimum Gasteiger partial charge on any atom is -0.444 e. The van der Waals surface area contributed by atoms with Gasteiger partial charge in [0.2, 0.25) is 5.91 Å². The second-order valence-electron chi connectivity index (χ2n) is 6.31. The number of nitrogens with zero attached hydrogens (tertiary/aromatic N) is 1.